The summed E-state index contributed by atoms with van der Waals surface area (Å²) in [6.07, 6.45) is 6.00. The van der Waals surface area contributed by atoms with E-state index in [0.717, 1.165) is 10.9 Å². The van der Waals surface area contributed by atoms with Crippen LogP contribution < -0.4 is 0 Å². The molecule has 0 bridgehead atoms. The van der Waals surface area contributed by atoms with Crippen LogP contribution in [0.15, 0.2) is 100 Å². The molecule has 3 aromatic carbocycles. The number of fused-ring (bicyclic) bond motifs is 7. The van der Waals surface area contributed by atoms with Crippen LogP contribution in [0.25, 0.3) is 22.6 Å². The van der Waals surface area contributed by atoms with E-state index in [1.807, 2.05) is 0 Å². The van der Waals surface area contributed by atoms with E-state index in [9.17, 15) is 0 Å². The van der Waals surface area contributed by atoms with Crippen molar-refractivity contribution in [1.29, 1.82) is 0 Å². The first-order valence-corrected chi connectivity index (χ1v) is 12.4. The topological polar surface area (TPSA) is 15.8 Å². The van der Waals surface area contributed by atoms with Crippen molar-refractivity contribution in [2.45, 2.75) is 31.6 Å². The maximum atomic E-state index is 3.77. The first-order valence-electron chi connectivity index (χ1n) is 11.6. The molecule has 0 fully saturated rings. The van der Waals surface area contributed by atoms with Crippen molar-refractivity contribution >= 4 is 38.5 Å². The predicted molar refractivity (Wildman–Crippen MR) is 141 cm³/mol. The molecular formula is C31H24BrN. The molecule has 0 aliphatic heterocycles. The summed E-state index contributed by atoms with van der Waals surface area (Å²) in [6.45, 7) is 4.76. The molecule has 0 amide bonds. The minimum atomic E-state index is -0.0979. The van der Waals surface area contributed by atoms with Gasteiger partial charge in [0.1, 0.15) is 0 Å². The highest BCUT2D eigenvalue weighted by Crippen LogP contribution is 2.56. The van der Waals surface area contributed by atoms with Gasteiger partial charge in [-0.15, -0.1) is 0 Å². The van der Waals surface area contributed by atoms with Crippen LogP contribution in [-0.4, -0.2) is 4.98 Å². The molecule has 3 aliphatic rings. The third kappa shape index (κ3) is 2.65. The maximum absolute atomic E-state index is 3.77. The van der Waals surface area contributed by atoms with E-state index < -0.39 is 0 Å². The maximum Gasteiger partial charge on any atom is 0.0462 e. The average molecular weight is 490 g/mol. The molecule has 0 radical (unpaired) electrons. The number of hydrogen-bond donors (Lipinski definition) is 1. The van der Waals surface area contributed by atoms with Crippen molar-refractivity contribution in [3.8, 4) is 0 Å². The Hall–Kier alpha value is -3.10. The largest absolute Gasteiger partial charge is 0.357 e. The van der Waals surface area contributed by atoms with Crippen LogP contribution in [-0.2, 0) is 11.8 Å². The summed E-state index contributed by atoms with van der Waals surface area (Å²) in [5, 5.41) is 1.32. The lowest BCUT2D eigenvalue weighted by Gasteiger charge is -2.39. The number of benzene rings is 3. The molecule has 1 nitrogen and oxygen atoms in total. The van der Waals surface area contributed by atoms with E-state index in [2.05, 4.69) is 120 Å². The smallest absolute Gasteiger partial charge is 0.0462 e. The van der Waals surface area contributed by atoms with Gasteiger partial charge in [-0.05, 0) is 69.7 Å². The fourth-order valence-corrected chi connectivity index (χ4v) is 6.64. The van der Waals surface area contributed by atoms with E-state index in [0.29, 0.717) is 0 Å². The number of allylic oxidation sites excluding steroid dienone is 5. The van der Waals surface area contributed by atoms with E-state index >= 15 is 0 Å². The molecule has 2 heteroatoms. The Morgan fingerprint density at radius 3 is 2.58 bits per heavy atom. The van der Waals surface area contributed by atoms with Gasteiger partial charge in [-0.1, -0.05) is 90.5 Å². The Morgan fingerprint density at radius 2 is 1.73 bits per heavy atom. The number of aromatic amines is 1. The highest BCUT2D eigenvalue weighted by molar-refractivity contribution is 9.10. The number of hydrogen-bond acceptors (Lipinski definition) is 0. The van der Waals surface area contributed by atoms with E-state index in [-0.39, 0.29) is 11.3 Å². The SMILES string of the molecule is CC1(C)C2=CC(c3ccccc3)C3=C(Cc4cc(Br)ccc43)C2=Cc2c1[nH]c1ccccc21. The quantitative estimate of drug-likeness (QED) is 0.276. The van der Waals surface area contributed by atoms with Gasteiger partial charge in [0, 0.05) is 38.0 Å². The van der Waals surface area contributed by atoms with Crippen molar-refractivity contribution in [2.75, 3.05) is 0 Å². The van der Waals surface area contributed by atoms with Gasteiger partial charge >= 0.3 is 0 Å². The number of para-hydroxylation sites is 1. The molecule has 33 heavy (non-hydrogen) atoms. The van der Waals surface area contributed by atoms with Gasteiger partial charge < -0.3 is 4.98 Å². The standard InChI is InChI=1S/C31H24BrN/c1-31(2)27-17-23(18-8-4-3-5-9-18)29-21-13-12-20(32)14-19(21)15-25(29)24(27)16-26-22-10-6-7-11-28(22)33-30(26)31/h3-14,16-17,23,33H,15H2,1-2H3. The first-order chi connectivity index (χ1) is 16.0. The number of nitrogens with one attached hydrogen (secondary N) is 1. The fraction of sp³-hybridized carbons (Fsp3) is 0.161. The highest BCUT2D eigenvalue weighted by atomic mass is 79.9. The molecule has 4 aromatic rings. The minimum absolute atomic E-state index is 0.0979. The molecule has 7 rings (SSSR count). The van der Waals surface area contributed by atoms with Gasteiger partial charge in [-0.3, -0.25) is 0 Å². The zero-order valence-electron chi connectivity index (χ0n) is 18.7. The second-order valence-corrected chi connectivity index (χ2v) is 10.9. The van der Waals surface area contributed by atoms with Crippen molar-refractivity contribution in [3.63, 3.8) is 0 Å². The predicted octanol–water partition coefficient (Wildman–Crippen LogP) is 8.34. The number of H-pyrrole nitrogens is 1. The van der Waals surface area contributed by atoms with Crippen molar-refractivity contribution in [3.05, 3.63) is 128 Å². The summed E-state index contributed by atoms with van der Waals surface area (Å²) in [7, 11) is 0. The molecule has 1 aromatic heterocycles. The third-order valence-electron chi connectivity index (χ3n) is 7.80. The lowest BCUT2D eigenvalue weighted by atomic mass is 9.65. The van der Waals surface area contributed by atoms with Gasteiger partial charge in [0.15, 0.2) is 0 Å². The van der Waals surface area contributed by atoms with Gasteiger partial charge in [0.2, 0.25) is 0 Å². The zero-order chi connectivity index (χ0) is 22.3. The Kier molecular flexibility index (Phi) is 3.94. The van der Waals surface area contributed by atoms with Gasteiger partial charge in [0.05, 0.1) is 0 Å². The summed E-state index contributed by atoms with van der Waals surface area (Å²) in [4.78, 5) is 3.77. The number of halogens is 1. The van der Waals surface area contributed by atoms with Crippen LogP contribution in [0, 0.1) is 0 Å². The third-order valence-corrected chi connectivity index (χ3v) is 8.29. The van der Waals surface area contributed by atoms with Crippen LogP contribution in [0.4, 0.5) is 0 Å². The Morgan fingerprint density at radius 1 is 0.939 bits per heavy atom. The van der Waals surface area contributed by atoms with Crippen molar-refractivity contribution < 1.29 is 0 Å². The van der Waals surface area contributed by atoms with E-state index in [1.54, 1.807) is 0 Å². The first kappa shape index (κ1) is 19.4. The molecular weight excluding hydrogens is 466 g/mol. The van der Waals surface area contributed by atoms with Crippen LogP contribution in [0.1, 0.15) is 47.7 Å². The van der Waals surface area contributed by atoms with Gasteiger partial charge in [0.25, 0.3) is 0 Å². The molecule has 0 saturated carbocycles. The fourth-order valence-electron chi connectivity index (χ4n) is 6.24. The van der Waals surface area contributed by atoms with Crippen LogP contribution in [0.3, 0.4) is 0 Å². The van der Waals surface area contributed by atoms with Crippen LogP contribution >= 0.6 is 15.9 Å². The molecule has 1 N–H and O–H groups in total. The molecule has 160 valence electrons. The second-order valence-electron chi connectivity index (χ2n) is 9.98. The van der Waals surface area contributed by atoms with Crippen molar-refractivity contribution in [1.82, 2.24) is 4.98 Å². The average Bonchev–Trinajstić information content (AvgIpc) is 3.39. The molecule has 0 saturated heterocycles. The van der Waals surface area contributed by atoms with E-state index in [4.69, 9.17) is 0 Å². The number of rotatable bonds is 1. The van der Waals surface area contributed by atoms with Crippen LogP contribution in [0.5, 0.6) is 0 Å². The van der Waals surface area contributed by atoms with Crippen molar-refractivity contribution in [2.24, 2.45) is 0 Å². The monoisotopic (exact) mass is 489 g/mol. The summed E-state index contributed by atoms with van der Waals surface area (Å²) < 4.78 is 1.16. The Labute approximate surface area is 202 Å². The van der Waals surface area contributed by atoms with Gasteiger partial charge in [-0.25, -0.2) is 0 Å². The second kappa shape index (κ2) is 6.71. The van der Waals surface area contributed by atoms with Gasteiger partial charge in [-0.2, -0.15) is 0 Å². The molecule has 0 spiro atoms. The lowest BCUT2D eigenvalue weighted by molar-refractivity contribution is 0.602. The summed E-state index contributed by atoms with van der Waals surface area (Å²) in [6, 6.07) is 26.5. The Balaban J connectivity index is 1.53. The summed E-state index contributed by atoms with van der Waals surface area (Å²) in [5.41, 5.74) is 13.8. The lowest BCUT2D eigenvalue weighted by Crippen LogP contribution is -2.29. The number of aromatic nitrogens is 1. The summed E-state index contributed by atoms with van der Waals surface area (Å²) >= 11 is 3.70. The molecule has 1 atom stereocenters. The molecule has 3 aliphatic carbocycles. The summed E-state index contributed by atoms with van der Waals surface area (Å²) in [5.74, 6) is 0.265. The van der Waals surface area contributed by atoms with Crippen LogP contribution in [0.2, 0.25) is 0 Å². The minimum Gasteiger partial charge on any atom is -0.357 e. The Bertz CT molecular complexity index is 1560. The molecule has 1 unspecified atom stereocenters. The normalized spacial score (nSPS) is 20.0. The zero-order valence-corrected chi connectivity index (χ0v) is 20.3. The highest BCUT2D eigenvalue weighted by Gasteiger charge is 2.42. The molecule has 1 heterocycles. The van der Waals surface area contributed by atoms with E-state index in [1.165, 1.54) is 61.1 Å².